The van der Waals surface area contributed by atoms with E-state index in [1.54, 1.807) is 0 Å². The first-order valence-electron chi connectivity index (χ1n) is 10.3. The largest absolute Gasteiger partial charge is 0.451 e. The van der Waals surface area contributed by atoms with Gasteiger partial charge in [-0.3, -0.25) is 0 Å². The van der Waals surface area contributed by atoms with Crippen LogP contribution in [0.1, 0.15) is 87.1 Å². The van der Waals surface area contributed by atoms with Crippen LogP contribution in [0.2, 0.25) is 0 Å². The third-order valence-corrected chi connectivity index (χ3v) is 7.25. The summed E-state index contributed by atoms with van der Waals surface area (Å²) >= 11 is 0. The molecule has 2 saturated carbocycles. The van der Waals surface area contributed by atoms with Gasteiger partial charge in [-0.25, -0.2) is 18.0 Å². The Labute approximate surface area is 164 Å². The minimum Gasteiger partial charge on any atom is -0.451 e. The summed E-state index contributed by atoms with van der Waals surface area (Å²) in [4.78, 5) is 12.6. The van der Waals surface area contributed by atoms with Gasteiger partial charge in [-0.05, 0) is 68.1 Å². The Morgan fingerprint density at radius 3 is 2.25 bits per heavy atom. The molecule has 5 heteroatoms. The van der Waals surface area contributed by atoms with Gasteiger partial charge in [-0.15, -0.1) is 0 Å². The van der Waals surface area contributed by atoms with Crippen molar-refractivity contribution in [3.63, 3.8) is 0 Å². The number of carbonyl (C=O) groups excluding carboxylic acids is 1. The van der Waals surface area contributed by atoms with E-state index >= 15 is 0 Å². The summed E-state index contributed by atoms with van der Waals surface area (Å²) in [5.74, 6) is -2.70. The predicted octanol–water partition coefficient (Wildman–Crippen LogP) is 6.60. The van der Waals surface area contributed by atoms with E-state index in [4.69, 9.17) is 4.74 Å². The number of benzene rings is 1. The summed E-state index contributed by atoms with van der Waals surface area (Å²) in [5.41, 5.74) is -1.59. The topological polar surface area (TPSA) is 26.3 Å². The molecule has 0 radical (unpaired) electrons. The molecule has 5 rings (SSSR count). The van der Waals surface area contributed by atoms with Crippen LogP contribution < -0.4 is 0 Å². The fourth-order valence-corrected chi connectivity index (χ4v) is 4.99. The molecule has 1 aromatic carbocycles. The van der Waals surface area contributed by atoms with E-state index in [0.29, 0.717) is 37.2 Å². The quantitative estimate of drug-likeness (QED) is 0.542. The minimum absolute atomic E-state index is 0.0132. The Kier molecular flexibility index (Phi) is 4.83. The SMILES string of the molecule is CC1CCC(c2ccc(C(=O)OC34C=C(F)C(C)(CC3)CC4)c(F)c2F)CC1. The molecule has 0 spiro atoms. The molecule has 0 aliphatic heterocycles. The molecule has 4 aliphatic rings. The van der Waals surface area contributed by atoms with Crippen molar-refractivity contribution < 1.29 is 22.7 Å². The average Bonchev–Trinajstić information content (AvgIpc) is 2.66. The molecular formula is C23H27F3O2. The average molecular weight is 392 g/mol. The van der Waals surface area contributed by atoms with Crippen molar-refractivity contribution in [1.29, 1.82) is 0 Å². The normalized spacial score (nSPS) is 34.8. The zero-order valence-corrected chi connectivity index (χ0v) is 16.5. The molecule has 0 N–H and O–H groups in total. The summed E-state index contributed by atoms with van der Waals surface area (Å²) in [6, 6.07) is 2.84. The van der Waals surface area contributed by atoms with Gasteiger partial charge in [0.2, 0.25) is 0 Å². The van der Waals surface area contributed by atoms with Crippen molar-refractivity contribution in [2.45, 2.75) is 76.7 Å². The number of rotatable bonds is 3. The van der Waals surface area contributed by atoms with Crippen molar-refractivity contribution in [2.75, 3.05) is 0 Å². The molecule has 2 bridgehead atoms. The van der Waals surface area contributed by atoms with Crippen LogP contribution in [0.5, 0.6) is 0 Å². The van der Waals surface area contributed by atoms with E-state index in [9.17, 15) is 18.0 Å². The molecule has 152 valence electrons. The molecule has 1 aromatic rings. The lowest BCUT2D eigenvalue weighted by molar-refractivity contribution is -0.0415. The molecule has 4 aliphatic carbocycles. The van der Waals surface area contributed by atoms with E-state index in [2.05, 4.69) is 6.92 Å². The molecule has 0 amide bonds. The fraction of sp³-hybridized carbons (Fsp3) is 0.609. The standard InChI is InChI=1S/C23H27F3O2/c1-14-3-5-15(6-4-14)16-7-8-17(20(26)19(16)25)21(27)28-23-11-9-22(2,10-12-23)18(24)13-23/h7-8,13-15H,3-6,9-12H2,1-2H3. The van der Waals surface area contributed by atoms with E-state index in [1.807, 2.05) is 6.92 Å². The van der Waals surface area contributed by atoms with Crippen LogP contribution in [0.4, 0.5) is 13.2 Å². The highest BCUT2D eigenvalue weighted by Crippen LogP contribution is 2.53. The van der Waals surface area contributed by atoms with Gasteiger partial charge >= 0.3 is 5.97 Å². The van der Waals surface area contributed by atoms with E-state index in [0.717, 1.165) is 25.7 Å². The lowest BCUT2D eigenvalue weighted by Crippen LogP contribution is -2.45. The number of ether oxygens (including phenoxy) is 1. The molecule has 0 aromatic heterocycles. The first-order valence-corrected chi connectivity index (χ1v) is 10.3. The lowest BCUT2D eigenvalue weighted by atomic mass is 9.63. The Balaban J connectivity index is 1.55. The van der Waals surface area contributed by atoms with Gasteiger partial charge in [0.1, 0.15) is 11.4 Å². The van der Waals surface area contributed by atoms with E-state index < -0.39 is 34.2 Å². The number of esters is 1. The lowest BCUT2D eigenvalue weighted by Gasteiger charge is -2.47. The van der Waals surface area contributed by atoms with Crippen LogP contribution in [-0.4, -0.2) is 11.6 Å². The number of carbonyl (C=O) groups is 1. The van der Waals surface area contributed by atoms with Gasteiger partial charge in [-0.1, -0.05) is 32.8 Å². The fourth-order valence-electron chi connectivity index (χ4n) is 4.99. The second-order valence-corrected chi connectivity index (χ2v) is 9.29. The molecule has 28 heavy (non-hydrogen) atoms. The van der Waals surface area contributed by atoms with Crippen molar-refractivity contribution in [1.82, 2.24) is 0 Å². The van der Waals surface area contributed by atoms with Crippen molar-refractivity contribution in [3.05, 3.63) is 46.8 Å². The van der Waals surface area contributed by atoms with Crippen LogP contribution in [0.25, 0.3) is 0 Å². The molecule has 0 saturated heterocycles. The molecular weight excluding hydrogens is 365 g/mol. The maximum absolute atomic E-state index is 14.7. The molecule has 0 heterocycles. The number of fused-ring (bicyclic) bond motifs is 2. The zero-order chi connectivity index (χ0) is 20.1. The third kappa shape index (κ3) is 3.27. The Morgan fingerprint density at radius 1 is 1.00 bits per heavy atom. The molecule has 2 nitrogen and oxygen atoms in total. The highest BCUT2D eigenvalue weighted by molar-refractivity contribution is 5.90. The van der Waals surface area contributed by atoms with Crippen LogP contribution in [-0.2, 0) is 4.74 Å². The maximum Gasteiger partial charge on any atom is 0.342 e. The van der Waals surface area contributed by atoms with Gasteiger partial charge in [0, 0.05) is 5.41 Å². The van der Waals surface area contributed by atoms with Crippen molar-refractivity contribution in [2.24, 2.45) is 11.3 Å². The summed E-state index contributed by atoms with van der Waals surface area (Å²) in [6.07, 6.45) is 7.18. The number of hydrogen-bond donors (Lipinski definition) is 0. The second-order valence-electron chi connectivity index (χ2n) is 9.29. The summed E-state index contributed by atoms with van der Waals surface area (Å²) < 4.78 is 49.3. The number of hydrogen-bond acceptors (Lipinski definition) is 2. The highest BCUT2D eigenvalue weighted by atomic mass is 19.2. The summed E-state index contributed by atoms with van der Waals surface area (Å²) in [6.45, 7) is 4.03. The Morgan fingerprint density at radius 2 is 1.64 bits per heavy atom. The van der Waals surface area contributed by atoms with Crippen LogP contribution >= 0.6 is 0 Å². The molecule has 2 fully saturated rings. The van der Waals surface area contributed by atoms with E-state index in [-0.39, 0.29) is 11.7 Å². The maximum atomic E-state index is 14.7. The summed E-state index contributed by atoms with van der Waals surface area (Å²) in [5, 5.41) is 0. The predicted molar refractivity (Wildman–Crippen MR) is 101 cm³/mol. The Bertz CT molecular complexity index is 813. The summed E-state index contributed by atoms with van der Waals surface area (Å²) in [7, 11) is 0. The van der Waals surface area contributed by atoms with Gasteiger partial charge in [0.15, 0.2) is 11.6 Å². The van der Waals surface area contributed by atoms with Crippen LogP contribution in [0.3, 0.4) is 0 Å². The highest BCUT2D eigenvalue weighted by Gasteiger charge is 2.50. The first kappa shape index (κ1) is 19.5. The van der Waals surface area contributed by atoms with Gasteiger partial charge in [-0.2, -0.15) is 0 Å². The monoisotopic (exact) mass is 392 g/mol. The van der Waals surface area contributed by atoms with Crippen LogP contribution in [0, 0.1) is 23.0 Å². The number of allylic oxidation sites excluding steroid dienone is 1. The Hall–Kier alpha value is -1.78. The number of halogens is 3. The van der Waals surface area contributed by atoms with Crippen molar-refractivity contribution >= 4 is 5.97 Å². The van der Waals surface area contributed by atoms with Gasteiger partial charge in [0.25, 0.3) is 0 Å². The second kappa shape index (κ2) is 6.93. The smallest absolute Gasteiger partial charge is 0.342 e. The van der Waals surface area contributed by atoms with E-state index in [1.165, 1.54) is 18.2 Å². The molecule has 0 unspecified atom stereocenters. The zero-order valence-electron chi connectivity index (χ0n) is 16.5. The van der Waals surface area contributed by atoms with Crippen LogP contribution in [0.15, 0.2) is 24.0 Å². The minimum atomic E-state index is -1.15. The van der Waals surface area contributed by atoms with Crippen molar-refractivity contribution in [3.8, 4) is 0 Å². The molecule has 0 atom stereocenters. The van der Waals surface area contributed by atoms with Gasteiger partial charge in [0.05, 0.1) is 5.56 Å². The third-order valence-electron chi connectivity index (χ3n) is 7.25. The first-order chi connectivity index (χ1) is 13.2. The van der Waals surface area contributed by atoms with Gasteiger partial charge < -0.3 is 4.74 Å².